The summed E-state index contributed by atoms with van der Waals surface area (Å²) in [6, 6.07) is 0. The number of benzene rings is 4. The van der Waals surface area contributed by atoms with E-state index in [9.17, 15) is 52.7 Å². The first-order chi connectivity index (χ1) is 25.3. The Balaban J connectivity index is 0.000000664. The van der Waals surface area contributed by atoms with Crippen molar-refractivity contribution in [1.29, 1.82) is 0 Å². The lowest BCUT2D eigenvalue weighted by Gasteiger charge is -2.44. The largest absolute Gasteiger partial charge is 2.00 e. The summed E-state index contributed by atoms with van der Waals surface area (Å²) in [5.41, 5.74) is -14.3. The third-order valence-corrected chi connectivity index (χ3v) is 9.52. The van der Waals surface area contributed by atoms with Gasteiger partial charge in [-0.3, -0.25) is 0 Å². The maximum absolute atomic E-state index is 15.4. The number of hydrogen-bond acceptors (Lipinski definition) is 0. The molecular weight excluding hydrogens is 827 g/mol. The van der Waals surface area contributed by atoms with Crippen LogP contribution in [0.3, 0.4) is 0 Å². The molecule has 297 valence electrons. The molecule has 0 aliphatic heterocycles. The third kappa shape index (κ3) is 6.42. The first-order valence-electron chi connectivity index (χ1n) is 14.7. The second-order valence-electron chi connectivity index (χ2n) is 11.9. The molecule has 0 N–H and O–H groups in total. The monoisotopic (exact) mass is 842 g/mol. The fourth-order valence-electron chi connectivity index (χ4n) is 6.28. The van der Waals surface area contributed by atoms with E-state index in [-0.39, 0.29) is 11.0 Å². The zero-order chi connectivity index (χ0) is 42.2. The molecule has 0 unspecified atom stereocenters. The highest BCUT2D eigenvalue weighted by molar-refractivity contribution is 7.20. The fraction of sp³-hybridized carbons (Fsp3) is 0.147. The Kier molecular flexibility index (Phi) is 13.1. The Morgan fingerprint density at radius 2 is 0.286 bits per heavy atom. The molecule has 5 rings (SSSR count). The molecule has 1 saturated carbocycles. The molecule has 22 heteroatoms. The molecule has 0 aromatic heterocycles. The van der Waals surface area contributed by atoms with Crippen LogP contribution in [0.25, 0.3) is 0 Å². The van der Waals surface area contributed by atoms with Crippen LogP contribution in [-0.4, -0.2) is 17.1 Å². The van der Waals surface area contributed by atoms with Crippen LogP contribution in [0.1, 0.15) is 34.6 Å². The summed E-state index contributed by atoms with van der Waals surface area (Å²) >= 11 is 0. The molecule has 0 atom stereocenters. The van der Waals surface area contributed by atoms with Gasteiger partial charge in [0.2, 0.25) is 0 Å². The first kappa shape index (κ1) is 46.1. The molecule has 0 heterocycles. The topological polar surface area (TPSA) is 0 Å². The van der Waals surface area contributed by atoms with Crippen molar-refractivity contribution in [2.45, 2.75) is 34.6 Å². The fourth-order valence-corrected chi connectivity index (χ4v) is 6.28. The molecule has 0 saturated heterocycles. The second kappa shape index (κ2) is 16.0. The van der Waals surface area contributed by atoms with Gasteiger partial charge >= 0.3 is 11.0 Å². The Bertz CT molecular complexity index is 1800. The second-order valence-corrected chi connectivity index (χ2v) is 11.9. The van der Waals surface area contributed by atoms with Crippen LogP contribution in [0.2, 0.25) is 0 Å². The molecule has 1 fully saturated rings. The number of halogens is 20. The summed E-state index contributed by atoms with van der Waals surface area (Å²) in [6.07, 6.45) is -7.22. The van der Waals surface area contributed by atoms with Gasteiger partial charge < -0.3 is 0 Å². The van der Waals surface area contributed by atoms with E-state index in [2.05, 4.69) is 34.6 Å². The van der Waals surface area contributed by atoms with Gasteiger partial charge in [-0.25, -0.2) is 87.8 Å². The van der Waals surface area contributed by atoms with Gasteiger partial charge in [-0.1, -0.05) is 34.6 Å². The van der Waals surface area contributed by atoms with Gasteiger partial charge in [0.1, 0.15) is 52.7 Å². The van der Waals surface area contributed by atoms with Crippen LogP contribution >= 0.6 is 0 Å². The van der Waals surface area contributed by atoms with Gasteiger partial charge in [-0.05, 0) is 29.6 Å². The van der Waals surface area contributed by atoms with Crippen LogP contribution in [0.5, 0.6) is 0 Å². The SMILES string of the molecule is C[C]1[C](C)[C](C)[C](C)[C]1C.Fc1c(F)c(F)c([B-](c2c(F)c(F)c(F)c(F)c2F)(c2c(F)c(F)c(F)c(F)c2F)c2c(F)c(F)c(F)c(F)c2F)c(F)c1F.[Si+2]. The summed E-state index contributed by atoms with van der Waals surface area (Å²) < 4.78 is 294. The van der Waals surface area contributed by atoms with Gasteiger partial charge in [0.25, 0.3) is 0 Å². The molecule has 0 amide bonds. The highest BCUT2D eigenvalue weighted by Gasteiger charge is 2.52. The van der Waals surface area contributed by atoms with Crippen molar-refractivity contribution < 1.29 is 87.8 Å². The molecule has 0 spiro atoms. The van der Waals surface area contributed by atoms with Crippen LogP contribution in [0.15, 0.2) is 0 Å². The van der Waals surface area contributed by atoms with Crippen molar-refractivity contribution >= 4 is 39.0 Å². The van der Waals surface area contributed by atoms with Gasteiger partial charge in [0, 0.05) is 0 Å². The van der Waals surface area contributed by atoms with Crippen molar-refractivity contribution in [3.05, 3.63) is 146 Å². The maximum Gasteiger partial charge on any atom is 2.00 e. The molecule has 56 heavy (non-hydrogen) atoms. The van der Waals surface area contributed by atoms with Gasteiger partial charge in [-0.15, -0.1) is 21.9 Å². The summed E-state index contributed by atoms with van der Waals surface area (Å²) in [5.74, 6) is -64.1. The van der Waals surface area contributed by atoms with E-state index in [4.69, 9.17) is 0 Å². The van der Waals surface area contributed by atoms with Gasteiger partial charge in [0.15, 0.2) is 69.8 Å². The molecule has 4 aromatic carbocycles. The zero-order valence-electron chi connectivity index (χ0n) is 28.1. The van der Waals surface area contributed by atoms with Crippen LogP contribution in [0.4, 0.5) is 87.8 Å². The first-order valence-corrected chi connectivity index (χ1v) is 14.7. The van der Waals surface area contributed by atoms with Crippen LogP contribution in [-0.2, 0) is 0 Å². The Hall–Kier alpha value is -4.24. The van der Waals surface area contributed by atoms with Crippen LogP contribution in [0, 0.1) is 146 Å². The lowest BCUT2D eigenvalue weighted by atomic mass is 9.12. The zero-order valence-corrected chi connectivity index (χ0v) is 29.1. The van der Waals surface area contributed by atoms with Crippen molar-refractivity contribution in [3.8, 4) is 0 Å². The smallest absolute Gasteiger partial charge is 0.207 e. The quantitative estimate of drug-likeness (QED) is 0.0839. The molecule has 1 aliphatic rings. The van der Waals surface area contributed by atoms with E-state index in [1.165, 1.54) is 29.6 Å². The predicted molar refractivity (Wildman–Crippen MR) is 160 cm³/mol. The lowest BCUT2D eigenvalue weighted by Crippen LogP contribution is -2.81. The van der Waals surface area contributed by atoms with Crippen molar-refractivity contribution in [2.75, 3.05) is 0 Å². The van der Waals surface area contributed by atoms with Gasteiger partial charge in [-0.2, -0.15) is 0 Å². The summed E-state index contributed by atoms with van der Waals surface area (Å²) in [7, 11) is 0. The minimum absolute atomic E-state index is 0. The van der Waals surface area contributed by atoms with Gasteiger partial charge in [0.05, 0.1) is 0 Å². The van der Waals surface area contributed by atoms with E-state index < -0.39 is 144 Å². The van der Waals surface area contributed by atoms with E-state index in [0.29, 0.717) is 0 Å². The highest BCUT2D eigenvalue weighted by Crippen LogP contribution is 2.51. The van der Waals surface area contributed by atoms with Crippen molar-refractivity contribution in [2.24, 2.45) is 0 Å². The molecule has 1 aliphatic carbocycles. The molecular formula is C34H15BF20Si+. The number of rotatable bonds is 4. The standard InChI is InChI=1S/C24BF20.C10H15.Si/c26-5-1(6(27)14(35)21(42)13(5)34)25(2-7(28)15(36)22(43)16(37)8(2)29,3-9(30)17(38)23(44)18(39)10(3)31)4-11(32)19(40)24(45)20(41)12(4)33;1-6-7(2)9(4)10(5)8(6)3;/h;1-5H3;/q-1;;+2. The Morgan fingerprint density at radius 1 is 0.196 bits per heavy atom. The Labute approximate surface area is 307 Å². The average molecular weight is 842 g/mol. The van der Waals surface area contributed by atoms with Crippen molar-refractivity contribution in [1.82, 2.24) is 0 Å². The number of hydrogen-bond donors (Lipinski definition) is 0. The summed E-state index contributed by atoms with van der Waals surface area (Å²) in [6.45, 7) is 11.0. The van der Waals surface area contributed by atoms with E-state index in [0.717, 1.165) is 0 Å². The molecule has 7 radical (unpaired) electrons. The maximum atomic E-state index is 15.4. The minimum atomic E-state index is -7.22. The summed E-state index contributed by atoms with van der Waals surface area (Å²) in [5, 5.41) is 0. The molecule has 0 nitrogen and oxygen atoms in total. The van der Waals surface area contributed by atoms with Crippen LogP contribution < -0.4 is 21.9 Å². The average Bonchev–Trinajstić information content (AvgIpc) is 3.31. The van der Waals surface area contributed by atoms with E-state index in [1.807, 2.05) is 0 Å². The lowest BCUT2D eigenvalue weighted by molar-refractivity contribution is 0.378. The minimum Gasteiger partial charge on any atom is -0.207 e. The van der Waals surface area contributed by atoms with Crippen molar-refractivity contribution in [3.63, 3.8) is 0 Å². The normalized spacial score (nSPS) is 14.7. The highest BCUT2D eigenvalue weighted by atomic mass is 28.1. The summed E-state index contributed by atoms with van der Waals surface area (Å²) in [4.78, 5) is 0. The van der Waals surface area contributed by atoms with E-state index in [1.54, 1.807) is 0 Å². The predicted octanol–water partition coefficient (Wildman–Crippen LogP) is 8.44. The molecule has 0 bridgehead atoms. The Morgan fingerprint density at radius 3 is 0.393 bits per heavy atom. The van der Waals surface area contributed by atoms with E-state index >= 15 is 35.1 Å². The third-order valence-electron chi connectivity index (χ3n) is 9.52. The molecule has 4 aromatic rings.